The van der Waals surface area contributed by atoms with Gasteiger partial charge >= 0.3 is 0 Å². The molecule has 168 valence electrons. The molecule has 1 heterocycles. The van der Waals surface area contributed by atoms with Crippen LogP contribution in [0.2, 0.25) is 10.0 Å². The lowest BCUT2D eigenvalue weighted by molar-refractivity contribution is -0.116. The smallest absolute Gasteiger partial charge is 0.244 e. The Balaban J connectivity index is 1.73. The van der Waals surface area contributed by atoms with Gasteiger partial charge in [-0.2, -0.15) is 0 Å². The summed E-state index contributed by atoms with van der Waals surface area (Å²) < 4.78 is 11.6. The van der Waals surface area contributed by atoms with E-state index in [1.165, 1.54) is 0 Å². The van der Waals surface area contributed by atoms with Crippen LogP contribution in [0.25, 0.3) is 27.7 Å². The molecule has 1 N–H and O–H groups in total. The first-order valence-corrected chi connectivity index (χ1v) is 11.2. The van der Waals surface area contributed by atoms with Crippen LogP contribution in [0.5, 0.6) is 5.75 Å². The van der Waals surface area contributed by atoms with Crippen molar-refractivity contribution in [2.75, 3.05) is 7.11 Å². The largest absolute Gasteiger partial charge is 0.496 e. The molecule has 4 rings (SSSR count). The predicted molar refractivity (Wildman–Crippen MR) is 135 cm³/mol. The summed E-state index contributed by atoms with van der Waals surface area (Å²) in [6.45, 7) is 4.28. The van der Waals surface area contributed by atoms with Crippen LogP contribution in [0.1, 0.15) is 23.6 Å². The second-order valence-electron chi connectivity index (χ2n) is 7.76. The molecule has 1 aromatic heterocycles. The lowest BCUT2D eigenvalue weighted by atomic mass is 9.96. The Morgan fingerprint density at radius 3 is 2.55 bits per heavy atom. The molecule has 0 radical (unpaired) electrons. The van der Waals surface area contributed by atoms with Gasteiger partial charge in [0.05, 0.1) is 18.4 Å². The summed E-state index contributed by atoms with van der Waals surface area (Å²) >= 11 is 12.5. The molecule has 4 aromatic rings. The molecule has 1 amide bonds. The number of nitrogens with one attached hydrogen (secondary N) is 1. The van der Waals surface area contributed by atoms with Crippen LogP contribution in [0.3, 0.4) is 0 Å². The number of methoxy groups -OCH3 is 1. The number of halogens is 2. The molecule has 0 spiro atoms. The molecule has 0 saturated heterocycles. The number of furan rings is 1. The third kappa shape index (κ3) is 4.77. The summed E-state index contributed by atoms with van der Waals surface area (Å²) in [5.41, 5.74) is 5.84. The molecular formula is C27H23Cl2NO3. The molecule has 33 heavy (non-hydrogen) atoms. The molecule has 0 bridgehead atoms. The minimum absolute atomic E-state index is 0.177. The number of carbonyl (C=O) groups is 1. The highest BCUT2D eigenvalue weighted by Gasteiger charge is 2.20. The Labute approximate surface area is 202 Å². The van der Waals surface area contributed by atoms with Crippen LogP contribution in [0, 0.1) is 6.92 Å². The van der Waals surface area contributed by atoms with Gasteiger partial charge in [-0.05, 0) is 43.2 Å². The topological polar surface area (TPSA) is 51.5 Å². The van der Waals surface area contributed by atoms with Gasteiger partial charge in [-0.25, -0.2) is 0 Å². The number of ether oxygens (including phenoxy) is 1. The summed E-state index contributed by atoms with van der Waals surface area (Å²) in [6, 6.07) is 17.1. The Kier molecular flexibility index (Phi) is 6.77. The van der Waals surface area contributed by atoms with Crippen molar-refractivity contribution in [1.82, 2.24) is 5.32 Å². The fourth-order valence-electron chi connectivity index (χ4n) is 3.90. The normalized spacial score (nSPS) is 11.6. The van der Waals surface area contributed by atoms with Crippen LogP contribution in [0.15, 0.2) is 71.4 Å². The summed E-state index contributed by atoms with van der Waals surface area (Å²) in [7, 11) is 1.61. The maximum Gasteiger partial charge on any atom is 0.244 e. The molecule has 0 aliphatic rings. The number of fused-ring (bicyclic) bond motifs is 1. The van der Waals surface area contributed by atoms with Crippen molar-refractivity contribution in [3.05, 3.63) is 93.7 Å². The van der Waals surface area contributed by atoms with Crippen molar-refractivity contribution in [2.24, 2.45) is 0 Å². The van der Waals surface area contributed by atoms with E-state index in [1.807, 2.05) is 56.3 Å². The summed E-state index contributed by atoms with van der Waals surface area (Å²) in [5, 5.41) is 4.91. The van der Waals surface area contributed by atoms with Crippen molar-refractivity contribution in [2.45, 2.75) is 20.4 Å². The Hall–Kier alpha value is -3.21. The number of hydrogen-bond acceptors (Lipinski definition) is 3. The van der Waals surface area contributed by atoms with E-state index < -0.39 is 0 Å². The molecule has 0 fully saturated rings. The third-order valence-electron chi connectivity index (χ3n) is 5.55. The van der Waals surface area contributed by atoms with Gasteiger partial charge in [0, 0.05) is 45.3 Å². The summed E-state index contributed by atoms with van der Waals surface area (Å²) in [4.78, 5) is 12.6. The summed E-state index contributed by atoms with van der Waals surface area (Å²) in [6.07, 6.45) is 3.27. The van der Waals surface area contributed by atoms with E-state index in [2.05, 4.69) is 5.32 Å². The zero-order valence-corrected chi connectivity index (χ0v) is 20.1. The average molecular weight is 480 g/mol. The second kappa shape index (κ2) is 9.74. The van der Waals surface area contributed by atoms with Crippen molar-refractivity contribution < 1.29 is 13.9 Å². The summed E-state index contributed by atoms with van der Waals surface area (Å²) in [5.74, 6) is 0.486. The highest BCUT2D eigenvalue weighted by atomic mass is 35.5. The average Bonchev–Trinajstić information content (AvgIpc) is 3.22. The van der Waals surface area contributed by atoms with Crippen molar-refractivity contribution >= 4 is 45.7 Å². The molecule has 0 atom stereocenters. The molecule has 0 aliphatic carbocycles. The molecule has 4 nitrogen and oxygen atoms in total. The van der Waals surface area contributed by atoms with E-state index in [4.69, 9.17) is 32.4 Å². The fraction of sp³-hybridized carbons (Fsp3) is 0.148. The lowest BCUT2D eigenvalue weighted by Crippen LogP contribution is -2.20. The maximum absolute atomic E-state index is 12.6. The van der Waals surface area contributed by atoms with Crippen LogP contribution in [-0.4, -0.2) is 13.0 Å². The van der Waals surface area contributed by atoms with E-state index in [-0.39, 0.29) is 5.91 Å². The molecule has 0 aliphatic heterocycles. The second-order valence-corrected chi connectivity index (χ2v) is 8.61. The zero-order valence-electron chi connectivity index (χ0n) is 18.5. The predicted octanol–water partition coefficient (Wildman–Crippen LogP) is 7.44. The van der Waals surface area contributed by atoms with Gasteiger partial charge in [0.1, 0.15) is 11.3 Å². The first kappa shape index (κ1) is 23.0. The standard InChI is InChI=1S/C27H23Cl2NO3/c1-16(11-25(31)30-14-18-7-5-4-6-8-18)21-13-22-23(20-10-9-19(28)12-24(20)29)15-33-27(22)17(2)26(21)32-3/h4-13,15H,14H2,1-3H3,(H,30,31)/b16-11+. The van der Waals surface area contributed by atoms with Gasteiger partial charge in [-0.15, -0.1) is 0 Å². The minimum Gasteiger partial charge on any atom is -0.496 e. The van der Waals surface area contributed by atoms with E-state index in [0.717, 1.165) is 38.8 Å². The third-order valence-corrected chi connectivity index (χ3v) is 6.10. The monoisotopic (exact) mass is 479 g/mol. The van der Waals surface area contributed by atoms with Gasteiger partial charge in [-0.3, -0.25) is 4.79 Å². The van der Waals surface area contributed by atoms with E-state index in [0.29, 0.717) is 27.9 Å². The Morgan fingerprint density at radius 2 is 1.85 bits per heavy atom. The molecule has 0 saturated carbocycles. The number of hydrogen-bond donors (Lipinski definition) is 1. The number of rotatable bonds is 6. The zero-order chi connectivity index (χ0) is 23.5. The van der Waals surface area contributed by atoms with Crippen molar-refractivity contribution in [3.63, 3.8) is 0 Å². The number of aryl methyl sites for hydroxylation is 1. The lowest BCUT2D eigenvalue weighted by Gasteiger charge is -2.13. The number of amides is 1. The molecular weight excluding hydrogens is 457 g/mol. The highest BCUT2D eigenvalue weighted by Crippen LogP contribution is 2.42. The van der Waals surface area contributed by atoms with Gasteiger partial charge < -0.3 is 14.5 Å². The number of benzene rings is 3. The van der Waals surface area contributed by atoms with Crippen molar-refractivity contribution in [1.29, 1.82) is 0 Å². The fourth-order valence-corrected chi connectivity index (χ4v) is 4.41. The van der Waals surface area contributed by atoms with Crippen LogP contribution >= 0.6 is 23.2 Å². The van der Waals surface area contributed by atoms with Gasteiger partial charge in [-0.1, -0.05) is 59.6 Å². The molecule has 6 heteroatoms. The van der Waals surface area contributed by atoms with E-state index >= 15 is 0 Å². The SMILES string of the molecule is COc1c(/C(C)=C/C(=O)NCc2ccccc2)cc2c(-c3ccc(Cl)cc3Cl)coc2c1C. The number of allylic oxidation sites excluding steroid dienone is 1. The maximum atomic E-state index is 12.6. The van der Waals surface area contributed by atoms with E-state index in [1.54, 1.807) is 31.6 Å². The van der Waals surface area contributed by atoms with Crippen LogP contribution < -0.4 is 10.1 Å². The first-order valence-electron chi connectivity index (χ1n) is 10.4. The van der Waals surface area contributed by atoms with Crippen LogP contribution in [0.4, 0.5) is 0 Å². The Bertz CT molecular complexity index is 1360. The van der Waals surface area contributed by atoms with Crippen molar-refractivity contribution in [3.8, 4) is 16.9 Å². The molecule has 0 unspecified atom stereocenters. The first-order chi connectivity index (χ1) is 15.9. The number of carbonyl (C=O) groups excluding carboxylic acids is 1. The van der Waals surface area contributed by atoms with Gasteiger partial charge in [0.15, 0.2) is 0 Å². The quantitative estimate of drug-likeness (QED) is 0.292. The van der Waals surface area contributed by atoms with Gasteiger partial charge in [0.25, 0.3) is 0 Å². The minimum atomic E-state index is -0.177. The molecule has 3 aromatic carbocycles. The van der Waals surface area contributed by atoms with Gasteiger partial charge in [0.2, 0.25) is 5.91 Å². The van der Waals surface area contributed by atoms with E-state index in [9.17, 15) is 4.79 Å². The highest BCUT2D eigenvalue weighted by molar-refractivity contribution is 6.36. The van der Waals surface area contributed by atoms with Crippen LogP contribution in [-0.2, 0) is 11.3 Å². The Morgan fingerprint density at radius 1 is 1.09 bits per heavy atom.